The van der Waals surface area contributed by atoms with Crippen molar-refractivity contribution in [3.05, 3.63) is 30.1 Å². The van der Waals surface area contributed by atoms with Crippen LogP contribution in [0, 0.1) is 0 Å². The molecule has 0 spiro atoms. The average Bonchev–Trinajstić information content (AvgIpc) is 2.63. The first-order valence-corrected chi connectivity index (χ1v) is 5.10. The number of carbonyl (C=O) groups is 1. The van der Waals surface area contributed by atoms with Gasteiger partial charge >= 0.3 is 0 Å². The summed E-state index contributed by atoms with van der Waals surface area (Å²) in [7, 11) is 0. The number of aliphatic imine (C=N–C) groups is 1. The molecule has 1 amide bonds. The van der Waals surface area contributed by atoms with Crippen molar-refractivity contribution in [2.75, 3.05) is 0 Å². The second-order valence-corrected chi connectivity index (χ2v) is 3.51. The monoisotopic (exact) mass is 203 g/mol. The van der Waals surface area contributed by atoms with E-state index in [2.05, 4.69) is 15.3 Å². The van der Waals surface area contributed by atoms with E-state index in [0.717, 1.165) is 18.4 Å². The molecule has 78 valence electrons. The van der Waals surface area contributed by atoms with E-state index in [-0.39, 0.29) is 11.9 Å². The van der Waals surface area contributed by atoms with Crippen LogP contribution in [-0.2, 0) is 4.79 Å². The summed E-state index contributed by atoms with van der Waals surface area (Å²) in [6, 6.07) is 3.50. The summed E-state index contributed by atoms with van der Waals surface area (Å²) in [5, 5.41) is 2.78. The Labute approximate surface area is 88.4 Å². The summed E-state index contributed by atoms with van der Waals surface area (Å²) in [6.07, 6.45) is 5.16. The van der Waals surface area contributed by atoms with Gasteiger partial charge in [0.1, 0.15) is 11.9 Å². The summed E-state index contributed by atoms with van der Waals surface area (Å²) in [5.41, 5.74) is 0.865. The summed E-state index contributed by atoms with van der Waals surface area (Å²) in [4.78, 5) is 19.8. The highest BCUT2D eigenvalue weighted by atomic mass is 16.2. The zero-order chi connectivity index (χ0) is 10.7. The largest absolute Gasteiger partial charge is 0.309 e. The van der Waals surface area contributed by atoms with Gasteiger partial charge in [-0.3, -0.25) is 14.8 Å². The smallest absolute Gasteiger partial charge is 0.250 e. The van der Waals surface area contributed by atoms with Gasteiger partial charge in [-0.2, -0.15) is 0 Å². The van der Waals surface area contributed by atoms with Gasteiger partial charge in [0, 0.05) is 18.0 Å². The third-order valence-electron chi connectivity index (χ3n) is 2.33. The molecule has 0 radical (unpaired) electrons. The fourth-order valence-electron chi connectivity index (χ4n) is 1.57. The van der Waals surface area contributed by atoms with E-state index in [1.54, 1.807) is 12.4 Å². The fraction of sp³-hybridized carbons (Fsp3) is 0.364. The van der Waals surface area contributed by atoms with Crippen molar-refractivity contribution in [3.63, 3.8) is 0 Å². The highest BCUT2D eigenvalue weighted by Crippen LogP contribution is 2.11. The Bertz CT molecular complexity index is 386. The maximum absolute atomic E-state index is 11.5. The molecule has 0 aliphatic carbocycles. The van der Waals surface area contributed by atoms with Crippen LogP contribution in [0.1, 0.15) is 25.3 Å². The molecular weight excluding hydrogens is 190 g/mol. The minimum Gasteiger partial charge on any atom is -0.309 e. The third kappa shape index (κ3) is 2.03. The lowest BCUT2D eigenvalue weighted by atomic mass is 10.2. The van der Waals surface area contributed by atoms with Gasteiger partial charge in [-0.25, -0.2) is 0 Å². The zero-order valence-electron chi connectivity index (χ0n) is 8.60. The number of nitrogens with zero attached hydrogens (tertiary/aromatic N) is 2. The summed E-state index contributed by atoms with van der Waals surface area (Å²) < 4.78 is 0. The van der Waals surface area contributed by atoms with Crippen LogP contribution < -0.4 is 5.32 Å². The molecule has 1 aliphatic rings. The Hall–Kier alpha value is -1.71. The molecule has 1 aliphatic heterocycles. The average molecular weight is 203 g/mol. The standard InChI is InChI=1S/C11H13N3O/c1-2-4-9-11(15)14-10(13-9)8-5-3-6-12-7-8/h3,5-7,9H,2,4H2,1H3,(H,13,14,15). The van der Waals surface area contributed by atoms with Gasteiger partial charge < -0.3 is 5.32 Å². The van der Waals surface area contributed by atoms with Crippen LogP contribution in [0.2, 0.25) is 0 Å². The van der Waals surface area contributed by atoms with E-state index in [0.29, 0.717) is 5.84 Å². The van der Waals surface area contributed by atoms with Gasteiger partial charge in [-0.05, 0) is 18.6 Å². The maximum atomic E-state index is 11.5. The van der Waals surface area contributed by atoms with Crippen LogP contribution in [0.25, 0.3) is 0 Å². The lowest BCUT2D eigenvalue weighted by molar-refractivity contribution is -0.120. The topological polar surface area (TPSA) is 54.4 Å². The summed E-state index contributed by atoms with van der Waals surface area (Å²) in [5.74, 6) is 0.641. The first-order valence-electron chi connectivity index (χ1n) is 5.10. The Morgan fingerprint density at radius 1 is 1.53 bits per heavy atom. The van der Waals surface area contributed by atoms with E-state index in [1.807, 2.05) is 19.1 Å². The van der Waals surface area contributed by atoms with Gasteiger partial charge in [0.15, 0.2) is 0 Å². The first-order chi connectivity index (χ1) is 7.31. The Kier molecular flexibility index (Phi) is 2.76. The second kappa shape index (κ2) is 4.21. The van der Waals surface area contributed by atoms with Crippen molar-refractivity contribution in [2.24, 2.45) is 4.99 Å². The minimum atomic E-state index is -0.217. The van der Waals surface area contributed by atoms with Crippen LogP contribution in [0.3, 0.4) is 0 Å². The van der Waals surface area contributed by atoms with Crippen LogP contribution in [0.4, 0.5) is 0 Å². The van der Waals surface area contributed by atoms with E-state index in [1.165, 1.54) is 0 Å². The molecule has 15 heavy (non-hydrogen) atoms. The van der Waals surface area contributed by atoms with E-state index >= 15 is 0 Å². The number of hydrogen-bond donors (Lipinski definition) is 1. The number of aromatic nitrogens is 1. The molecule has 2 rings (SSSR count). The number of rotatable bonds is 3. The molecule has 0 aromatic carbocycles. The molecule has 0 saturated heterocycles. The normalized spacial score (nSPS) is 19.9. The molecule has 2 heterocycles. The quantitative estimate of drug-likeness (QED) is 0.800. The lowest BCUT2D eigenvalue weighted by Gasteiger charge is -1.99. The SMILES string of the molecule is CCCC1N=C(c2cccnc2)NC1=O. The van der Waals surface area contributed by atoms with Crippen molar-refractivity contribution < 1.29 is 4.79 Å². The molecule has 1 unspecified atom stereocenters. The van der Waals surface area contributed by atoms with Crippen molar-refractivity contribution >= 4 is 11.7 Å². The van der Waals surface area contributed by atoms with Crippen molar-refractivity contribution in [1.29, 1.82) is 0 Å². The van der Waals surface area contributed by atoms with Crippen molar-refractivity contribution in [1.82, 2.24) is 10.3 Å². The number of amidine groups is 1. The third-order valence-corrected chi connectivity index (χ3v) is 2.33. The summed E-state index contributed by atoms with van der Waals surface area (Å²) >= 11 is 0. The molecule has 1 aromatic heterocycles. The highest BCUT2D eigenvalue weighted by molar-refractivity contribution is 6.13. The molecular formula is C11H13N3O. The lowest BCUT2D eigenvalue weighted by Crippen LogP contribution is -2.29. The molecule has 4 heteroatoms. The van der Waals surface area contributed by atoms with E-state index < -0.39 is 0 Å². The van der Waals surface area contributed by atoms with E-state index in [4.69, 9.17) is 0 Å². The minimum absolute atomic E-state index is 0.00398. The molecule has 4 nitrogen and oxygen atoms in total. The van der Waals surface area contributed by atoms with Crippen molar-refractivity contribution in [3.8, 4) is 0 Å². The molecule has 1 N–H and O–H groups in total. The number of hydrogen-bond acceptors (Lipinski definition) is 3. The predicted molar refractivity (Wildman–Crippen MR) is 57.6 cm³/mol. The zero-order valence-corrected chi connectivity index (χ0v) is 8.60. The van der Waals surface area contributed by atoms with Crippen LogP contribution >= 0.6 is 0 Å². The number of pyridine rings is 1. The van der Waals surface area contributed by atoms with Gasteiger partial charge in [0.25, 0.3) is 0 Å². The first kappa shape index (κ1) is 9.83. The van der Waals surface area contributed by atoms with Crippen LogP contribution in [-0.4, -0.2) is 22.8 Å². The fourth-order valence-corrected chi connectivity index (χ4v) is 1.57. The van der Waals surface area contributed by atoms with Gasteiger partial charge in [-0.15, -0.1) is 0 Å². The molecule has 1 aromatic rings. The summed E-state index contributed by atoms with van der Waals surface area (Å²) in [6.45, 7) is 2.05. The Morgan fingerprint density at radius 2 is 2.40 bits per heavy atom. The Balaban J connectivity index is 2.19. The predicted octanol–water partition coefficient (Wildman–Crippen LogP) is 1.13. The van der Waals surface area contributed by atoms with Crippen LogP contribution in [0.5, 0.6) is 0 Å². The number of nitrogens with one attached hydrogen (secondary N) is 1. The number of carbonyl (C=O) groups excluding carboxylic acids is 1. The highest BCUT2D eigenvalue weighted by Gasteiger charge is 2.25. The molecule has 0 bridgehead atoms. The van der Waals surface area contributed by atoms with Gasteiger partial charge in [-0.1, -0.05) is 13.3 Å². The van der Waals surface area contributed by atoms with Crippen molar-refractivity contribution in [2.45, 2.75) is 25.8 Å². The number of amides is 1. The van der Waals surface area contributed by atoms with Gasteiger partial charge in [0.05, 0.1) is 0 Å². The van der Waals surface area contributed by atoms with Gasteiger partial charge in [0.2, 0.25) is 5.91 Å². The molecule has 0 saturated carbocycles. The van der Waals surface area contributed by atoms with E-state index in [9.17, 15) is 4.79 Å². The van der Waals surface area contributed by atoms with Crippen LogP contribution in [0.15, 0.2) is 29.5 Å². The molecule has 0 fully saturated rings. The molecule has 1 atom stereocenters. The maximum Gasteiger partial charge on any atom is 0.250 e. The Morgan fingerprint density at radius 3 is 3.07 bits per heavy atom. The second-order valence-electron chi connectivity index (χ2n) is 3.51.